The molecular weight excluding hydrogens is 258 g/mol. The lowest BCUT2D eigenvalue weighted by molar-refractivity contribution is 0.273. The molecule has 0 saturated carbocycles. The average Bonchev–Trinajstić information content (AvgIpc) is 2.56. The quantitative estimate of drug-likeness (QED) is 0.872. The van der Waals surface area contributed by atoms with Gasteiger partial charge in [0, 0.05) is 9.35 Å². The van der Waals surface area contributed by atoms with Gasteiger partial charge in [0.25, 0.3) is 0 Å². The highest BCUT2D eigenvalue weighted by Crippen LogP contribution is 2.29. The molecule has 2 unspecified atom stereocenters. The van der Waals surface area contributed by atoms with Gasteiger partial charge in [-0.3, -0.25) is 0 Å². The molecule has 3 heteroatoms. The molecule has 1 aromatic heterocycles. The van der Waals surface area contributed by atoms with Crippen LogP contribution in [0, 0.1) is 11.8 Å². The lowest BCUT2D eigenvalue weighted by atomic mass is 9.85. The smallest absolute Gasteiger partial charge is 0.0314 e. The minimum atomic E-state index is 0.818. The highest BCUT2D eigenvalue weighted by molar-refractivity contribution is 9.10. The van der Waals surface area contributed by atoms with Gasteiger partial charge in [0.1, 0.15) is 0 Å². The van der Waals surface area contributed by atoms with E-state index in [1.165, 1.54) is 35.3 Å². The first-order valence-electron chi connectivity index (χ1n) is 5.20. The van der Waals surface area contributed by atoms with Gasteiger partial charge in [0.2, 0.25) is 0 Å². The number of hydrogen-bond acceptors (Lipinski definition) is 2. The fourth-order valence-electron chi connectivity index (χ4n) is 2.04. The molecule has 2 heterocycles. The zero-order valence-electron chi connectivity index (χ0n) is 8.42. The Balaban J connectivity index is 1.99. The van der Waals surface area contributed by atoms with Crippen LogP contribution in [0.2, 0.25) is 0 Å². The van der Waals surface area contributed by atoms with E-state index in [-0.39, 0.29) is 0 Å². The van der Waals surface area contributed by atoms with Crippen molar-refractivity contribution in [3.63, 3.8) is 0 Å². The molecule has 78 valence electrons. The highest BCUT2D eigenvalue weighted by atomic mass is 79.9. The maximum Gasteiger partial charge on any atom is 0.0314 e. The van der Waals surface area contributed by atoms with E-state index in [0.717, 1.165) is 11.8 Å². The zero-order valence-corrected chi connectivity index (χ0v) is 10.8. The van der Waals surface area contributed by atoms with E-state index in [1.807, 2.05) is 11.3 Å². The number of rotatable bonds is 2. The molecule has 1 N–H and O–H groups in total. The standard InChI is InChI=1S/C11H16BrNS/c1-8-2-4-13-7-9(8)6-11-10(12)3-5-14-11/h3,5,8-9,13H,2,4,6-7H2,1H3. The lowest BCUT2D eigenvalue weighted by Gasteiger charge is -2.29. The van der Waals surface area contributed by atoms with Gasteiger partial charge in [-0.25, -0.2) is 0 Å². The molecule has 1 aliphatic rings. The summed E-state index contributed by atoms with van der Waals surface area (Å²) in [6.45, 7) is 4.77. The second-order valence-corrected chi connectivity index (χ2v) is 5.98. The van der Waals surface area contributed by atoms with Gasteiger partial charge in [0.15, 0.2) is 0 Å². The Labute approximate surface area is 98.0 Å². The van der Waals surface area contributed by atoms with Crippen LogP contribution >= 0.6 is 27.3 Å². The van der Waals surface area contributed by atoms with Gasteiger partial charge in [0.05, 0.1) is 0 Å². The van der Waals surface area contributed by atoms with Crippen LogP contribution < -0.4 is 5.32 Å². The van der Waals surface area contributed by atoms with E-state index in [1.54, 1.807) is 0 Å². The zero-order chi connectivity index (χ0) is 9.97. The summed E-state index contributed by atoms with van der Waals surface area (Å²) in [6, 6.07) is 2.15. The predicted molar refractivity (Wildman–Crippen MR) is 65.9 cm³/mol. The first-order valence-corrected chi connectivity index (χ1v) is 6.87. The minimum Gasteiger partial charge on any atom is -0.316 e. The van der Waals surface area contributed by atoms with Crippen molar-refractivity contribution < 1.29 is 0 Å². The second-order valence-electron chi connectivity index (χ2n) is 4.13. The number of halogens is 1. The van der Waals surface area contributed by atoms with Crippen molar-refractivity contribution in [2.24, 2.45) is 11.8 Å². The molecular formula is C11H16BrNS. The van der Waals surface area contributed by atoms with Crippen LogP contribution in [0.5, 0.6) is 0 Å². The number of hydrogen-bond donors (Lipinski definition) is 1. The fourth-order valence-corrected chi connectivity index (χ4v) is 3.64. The maximum atomic E-state index is 3.60. The number of nitrogens with one attached hydrogen (secondary N) is 1. The normalized spacial score (nSPS) is 27.9. The molecule has 0 aromatic carbocycles. The van der Waals surface area contributed by atoms with Gasteiger partial charge >= 0.3 is 0 Å². The molecule has 0 spiro atoms. The molecule has 0 radical (unpaired) electrons. The van der Waals surface area contributed by atoms with Crippen LogP contribution in [0.15, 0.2) is 15.9 Å². The van der Waals surface area contributed by atoms with Gasteiger partial charge in [-0.05, 0) is 65.1 Å². The summed E-state index contributed by atoms with van der Waals surface area (Å²) in [4.78, 5) is 1.51. The third kappa shape index (κ3) is 2.38. The van der Waals surface area contributed by atoms with E-state index >= 15 is 0 Å². The fraction of sp³-hybridized carbons (Fsp3) is 0.636. The van der Waals surface area contributed by atoms with Crippen LogP contribution in [0.3, 0.4) is 0 Å². The van der Waals surface area contributed by atoms with E-state index in [4.69, 9.17) is 0 Å². The average molecular weight is 274 g/mol. The van der Waals surface area contributed by atoms with Crippen molar-refractivity contribution in [1.29, 1.82) is 0 Å². The van der Waals surface area contributed by atoms with Crippen molar-refractivity contribution in [2.45, 2.75) is 19.8 Å². The minimum absolute atomic E-state index is 0.818. The Bertz CT molecular complexity index is 297. The van der Waals surface area contributed by atoms with Crippen LogP contribution in [0.25, 0.3) is 0 Å². The van der Waals surface area contributed by atoms with Crippen molar-refractivity contribution in [2.75, 3.05) is 13.1 Å². The summed E-state index contributed by atoms with van der Waals surface area (Å²) >= 11 is 5.47. The summed E-state index contributed by atoms with van der Waals surface area (Å²) in [5.41, 5.74) is 0. The molecule has 2 atom stereocenters. The predicted octanol–water partition coefficient (Wildman–Crippen LogP) is 3.30. The molecule has 0 bridgehead atoms. The van der Waals surface area contributed by atoms with Crippen molar-refractivity contribution >= 4 is 27.3 Å². The second kappa shape index (κ2) is 4.77. The summed E-state index contributed by atoms with van der Waals surface area (Å²) in [7, 11) is 0. The number of piperidine rings is 1. The van der Waals surface area contributed by atoms with Gasteiger partial charge in [-0.2, -0.15) is 0 Å². The summed E-state index contributed by atoms with van der Waals surface area (Å²) in [5, 5.41) is 5.65. The summed E-state index contributed by atoms with van der Waals surface area (Å²) in [6.07, 6.45) is 2.56. The van der Waals surface area contributed by atoms with E-state index in [0.29, 0.717) is 0 Å². The molecule has 1 fully saturated rings. The molecule has 1 aliphatic heterocycles. The van der Waals surface area contributed by atoms with Gasteiger partial charge in [-0.1, -0.05) is 6.92 Å². The molecule has 1 aromatic rings. The SMILES string of the molecule is CC1CCNCC1Cc1sccc1Br. The molecule has 2 rings (SSSR count). The highest BCUT2D eigenvalue weighted by Gasteiger charge is 2.22. The Morgan fingerprint density at radius 3 is 3.14 bits per heavy atom. The van der Waals surface area contributed by atoms with Gasteiger partial charge < -0.3 is 5.32 Å². The van der Waals surface area contributed by atoms with Crippen molar-refractivity contribution in [1.82, 2.24) is 5.32 Å². The third-order valence-electron chi connectivity index (χ3n) is 3.13. The van der Waals surface area contributed by atoms with E-state index < -0.39 is 0 Å². The van der Waals surface area contributed by atoms with Crippen molar-refractivity contribution in [3.8, 4) is 0 Å². The van der Waals surface area contributed by atoms with Crippen LogP contribution in [-0.2, 0) is 6.42 Å². The summed E-state index contributed by atoms with van der Waals surface area (Å²) in [5.74, 6) is 1.68. The van der Waals surface area contributed by atoms with Crippen LogP contribution in [0.4, 0.5) is 0 Å². The topological polar surface area (TPSA) is 12.0 Å². The first-order chi connectivity index (χ1) is 6.77. The van der Waals surface area contributed by atoms with Crippen molar-refractivity contribution in [3.05, 3.63) is 20.8 Å². The maximum absolute atomic E-state index is 3.60. The third-order valence-corrected chi connectivity index (χ3v) is 5.08. The molecule has 1 saturated heterocycles. The largest absolute Gasteiger partial charge is 0.316 e. The lowest BCUT2D eigenvalue weighted by Crippen LogP contribution is -2.36. The number of thiophene rings is 1. The Kier molecular flexibility index (Phi) is 3.63. The van der Waals surface area contributed by atoms with E-state index in [9.17, 15) is 0 Å². The Morgan fingerprint density at radius 1 is 1.64 bits per heavy atom. The molecule has 0 amide bonds. The van der Waals surface area contributed by atoms with Crippen LogP contribution in [-0.4, -0.2) is 13.1 Å². The Hall–Kier alpha value is 0.140. The van der Waals surface area contributed by atoms with E-state index in [2.05, 4.69) is 39.6 Å². The molecule has 1 nitrogen and oxygen atoms in total. The first kappa shape index (κ1) is 10.7. The summed E-state index contributed by atoms with van der Waals surface area (Å²) < 4.78 is 1.29. The molecule has 14 heavy (non-hydrogen) atoms. The molecule has 0 aliphatic carbocycles. The van der Waals surface area contributed by atoms with Crippen LogP contribution in [0.1, 0.15) is 18.2 Å². The van der Waals surface area contributed by atoms with Gasteiger partial charge in [-0.15, -0.1) is 11.3 Å². The monoisotopic (exact) mass is 273 g/mol. The Morgan fingerprint density at radius 2 is 2.50 bits per heavy atom.